The number of benzene rings is 1. The van der Waals surface area contributed by atoms with Crippen molar-refractivity contribution in [3.8, 4) is 0 Å². The number of β-amino-alcohol motifs (C(OH)–C–C–N with tert-alkyl or cyclic N) is 1. The molecule has 2 aliphatic rings. The highest BCUT2D eigenvalue weighted by Crippen LogP contribution is 2.21. The summed E-state index contributed by atoms with van der Waals surface area (Å²) in [5.74, 6) is 0. The van der Waals surface area contributed by atoms with Crippen molar-refractivity contribution in [1.29, 1.82) is 0 Å². The minimum absolute atomic E-state index is 0.186. The highest BCUT2D eigenvalue weighted by atomic mass is 16.6. The van der Waals surface area contributed by atoms with Crippen LogP contribution >= 0.6 is 0 Å². The first-order valence-electron chi connectivity index (χ1n) is 7.10. The molecular formula is C15H20N2O3. The quantitative estimate of drug-likeness (QED) is 0.897. The number of hydrogen-bond donors (Lipinski definition) is 1. The number of hydrogen-bond acceptors (Lipinski definition) is 4. The van der Waals surface area contributed by atoms with E-state index in [4.69, 9.17) is 4.74 Å². The van der Waals surface area contributed by atoms with Crippen LogP contribution in [0.4, 0.5) is 4.79 Å². The molecule has 108 valence electrons. The summed E-state index contributed by atoms with van der Waals surface area (Å²) >= 11 is 0. The Morgan fingerprint density at radius 1 is 1.25 bits per heavy atom. The van der Waals surface area contributed by atoms with E-state index in [9.17, 15) is 9.90 Å². The molecule has 1 atom stereocenters. The van der Waals surface area contributed by atoms with Crippen LogP contribution in [-0.2, 0) is 11.3 Å². The van der Waals surface area contributed by atoms with Crippen LogP contribution in [0.25, 0.3) is 0 Å². The maximum Gasteiger partial charge on any atom is 0.410 e. The Balaban J connectivity index is 1.44. The van der Waals surface area contributed by atoms with Crippen LogP contribution in [0.15, 0.2) is 30.3 Å². The van der Waals surface area contributed by atoms with Gasteiger partial charge in [0.1, 0.15) is 6.61 Å². The monoisotopic (exact) mass is 276 g/mol. The molecule has 1 unspecified atom stereocenters. The molecule has 20 heavy (non-hydrogen) atoms. The lowest BCUT2D eigenvalue weighted by Gasteiger charge is -2.40. The molecule has 0 spiro atoms. The summed E-state index contributed by atoms with van der Waals surface area (Å²) in [6.45, 7) is 3.24. The van der Waals surface area contributed by atoms with E-state index < -0.39 is 0 Å². The Labute approximate surface area is 118 Å². The molecule has 1 N–H and O–H groups in total. The maximum atomic E-state index is 12.0. The highest BCUT2D eigenvalue weighted by Gasteiger charge is 2.36. The van der Waals surface area contributed by atoms with E-state index in [0.29, 0.717) is 19.2 Å². The van der Waals surface area contributed by atoms with E-state index in [1.807, 2.05) is 30.3 Å². The first-order chi connectivity index (χ1) is 9.72. The molecule has 5 heteroatoms. The number of ether oxygens (including phenoxy) is 1. The number of likely N-dealkylation sites (tertiary alicyclic amines) is 2. The van der Waals surface area contributed by atoms with Gasteiger partial charge in [0, 0.05) is 32.2 Å². The zero-order chi connectivity index (χ0) is 13.9. The Bertz CT molecular complexity index is 459. The third-order valence-corrected chi connectivity index (χ3v) is 4.03. The van der Waals surface area contributed by atoms with Gasteiger partial charge in [0.05, 0.1) is 6.10 Å². The minimum Gasteiger partial charge on any atom is -0.445 e. The number of carbonyl (C=O) groups is 1. The zero-order valence-electron chi connectivity index (χ0n) is 11.4. The van der Waals surface area contributed by atoms with E-state index >= 15 is 0 Å². The van der Waals surface area contributed by atoms with Crippen LogP contribution in [0, 0.1) is 0 Å². The lowest BCUT2D eigenvalue weighted by atomic mass is 10.1. The van der Waals surface area contributed by atoms with Gasteiger partial charge in [-0.3, -0.25) is 4.90 Å². The second-order valence-corrected chi connectivity index (χ2v) is 5.54. The second kappa shape index (κ2) is 5.81. The van der Waals surface area contributed by atoms with Crippen molar-refractivity contribution in [3.63, 3.8) is 0 Å². The molecule has 0 bridgehead atoms. The van der Waals surface area contributed by atoms with Crippen LogP contribution in [0.2, 0.25) is 0 Å². The molecule has 1 aromatic carbocycles. The standard InChI is InChI=1S/C15H20N2O3/c18-14-9-17(10-14)13-6-7-16(8-13)15(19)20-11-12-4-2-1-3-5-12/h1-5,13-14,18H,6-11H2. The van der Waals surface area contributed by atoms with Crippen LogP contribution < -0.4 is 0 Å². The largest absolute Gasteiger partial charge is 0.445 e. The zero-order valence-corrected chi connectivity index (χ0v) is 11.4. The smallest absolute Gasteiger partial charge is 0.410 e. The van der Waals surface area contributed by atoms with E-state index in [0.717, 1.165) is 31.6 Å². The molecule has 0 saturated carbocycles. The molecule has 2 aliphatic heterocycles. The van der Waals surface area contributed by atoms with E-state index in [2.05, 4.69) is 4.90 Å². The molecule has 2 fully saturated rings. The van der Waals surface area contributed by atoms with Crippen LogP contribution in [-0.4, -0.2) is 59.3 Å². The van der Waals surface area contributed by atoms with Gasteiger partial charge < -0.3 is 14.7 Å². The molecule has 3 rings (SSSR count). The lowest BCUT2D eigenvalue weighted by Crippen LogP contribution is -2.56. The second-order valence-electron chi connectivity index (χ2n) is 5.54. The summed E-state index contributed by atoms with van der Waals surface area (Å²) in [4.78, 5) is 16.0. The number of aliphatic hydroxyl groups excluding tert-OH is 1. The minimum atomic E-state index is -0.238. The fourth-order valence-corrected chi connectivity index (χ4v) is 2.80. The molecule has 2 saturated heterocycles. The van der Waals surface area contributed by atoms with Crippen LogP contribution in [0.5, 0.6) is 0 Å². The van der Waals surface area contributed by atoms with Gasteiger partial charge in [0.15, 0.2) is 0 Å². The van der Waals surface area contributed by atoms with Crippen molar-refractivity contribution < 1.29 is 14.6 Å². The van der Waals surface area contributed by atoms with Gasteiger partial charge in [-0.15, -0.1) is 0 Å². The number of rotatable bonds is 3. The van der Waals surface area contributed by atoms with E-state index in [1.54, 1.807) is 4.90 Å². The molecule has 0 radical (unpaired) electrons. The van der Waals surface area contributed by atoms with Crippen molar-refractivity contribution >= 4 is 6.09 Å². The Morgan fingerprint density at radius 3 is 2.70 bits per heavy atom. The summed E-state index contributed by atoms with van der Waals surface area (Å²) in [6, 6.07) is 10.1. The topological polar surface area (TPSA) is 53.0 Å². The summed E-state index contributed by atoms with van der Waals surface area (Å²) in [6.07, 6.45) is 0.541. The van der Waals surface area contributed by atoms with Crippen molar-refractivity contribution in [1.82, 2.24) is 9.80 Å². The number of amides is 1. The highest BCUT2D eigenvalue weighted by molar-refractivity contribution is 5.68. The van der Waals surface area contributed by atoms with Gasteiger partial charge in [0.25, 0.3) is 0 Å². The molecule has 1 amide bonds. The maximum absolute atomic E-state index is 12.0. The Morgan fingerprint density at radius 2 is 2.00 bits per heavy atom. The summed E-state index contributed by atoms with van der Waals surface area (Å²) < 4.78 is 5.33. The molecular weight excluding hydrogens is 256 g/mol. The van der Waals surface area contributed by atoms with Gasteiger partial charge in [-0.05, 0) is 12.0 Å². The predicted molar refractivity (Wildman–Crippen MR) is 74.2 cm³/mol. The fraction of sp³-hybridized carbons (Fsp3) is 0.533. The van der Waals surface area contributed by atoms with Crippen molar-refractivity contribution in [2.75, 3.05) is 26.2 Å². The first kappa shape index (κ1) is 13.4. The predicted octanol–water partition coefficient (Wildman–Crippen LogP) is 1.07. The first-order valence-corrected chi connectivity index (χ1v) is 7.10. The molecule has 0 aliphatic carbocycles. The summed E-state index contributed by atoms with van der Waals surface area (Å²) in [7, 11) is 0. The van der Waals surface area contributed by atoms with Gasteiger partial charge in [-0.25, -0.2) is 4.79 Å². The molecule has 1 aromatic rings. The third kappa shape index (κ3) is 2.94. The Kier molecular flexibility index (Phi) is 3.89. The molecule has 2 heterocycles. The van der Waals surface area contributed by atoms with Gasteiger partial charge >= 0.3 is 6.09 Å². The van der Waals surface area contributed by atoms with E-state index in [-0.39, 0.29) is 12.2 Å². The SMILES string of the molecule is O=C(OCc1ccccc1)N1CCC(N2CC(O)C2)C1. The van der Waals surface area contributed by atoms with Gasteiger partial charge in [-0.2, -0.15) is 0 Å². The summed E-state index contributed by atoms with van der Waals surface area (Å²) in [5.41, 5.74) is 1.00. The summed E-state index contributed by atoms with van der Waals surface area (Å²) in [5, 5.41) is 9.32. The van der Waals surface area contributed by atoms with E-state index in [1.165, 1.54) is 0 Å². The molecule has 5 nitrogen and oxygen atoms in total. The van der Waals surface area contributed by atoms with Gasteiger partial charge in [-0.1, -0.05) is 30.3 Å². The van der Waals surface area contributed by atoms with Gasteiger partial charge in [0.2, 0.25) is 0 Å². The van der Waals surface area contributed by atoms with Crippen molar-refractivity contribution in [2.24, 2.45) is 0 Å². The van der Waals surface area contributed by atoms with Crippen LogP contribution in [0.3, 0.4) is 0 Å². The normalized spacial score (nSPS) is 23.6. The molecule has 0 aromatic heterocycles. The lowest BCUT2D eigenvalue weighted by molar-refractivity contribution is -0.0220. The van der Waals surface area contributed by atoms with Crippen molar-refractivity contribution in [3.05, 3.63) is 35.9 Å². The Hall–Kier alpha value is -1.59. The number of aliphatic hydroxyl groups is 1. The number of nitrogens with zero attached hydrogens (tertiary/aromatic N) is 2. The third-order valence-electron chi connectivity index (χ3n) is 4.03. The average molecular weight is 276 g/mol. The average Bonchev–Trinajstić information content (AvgIpc) is 2.92. The fourth-order valence-electron chi connectivity index (χ4n) is 2.80. The number of carbonyl (C=O) groups excluding carboxylic acids is 1. The van der Waals surface area contributed by atoms with Crippen LogP contribution in [0.1, 0.15) is 12.0 Å². The van der Waals surface area contributed by atoms with Crippen molar-refractivity contribution in [2.45, 2.75) is 25.2 Å².